The van der Waals surface area contributed by atoms with Gasteiger partial charge in [0.2, 0.25) is 0 Å². The molecule has 3 aromatic carbocycles. The minimum absolute atomic E-state index is 0.289. The fourth-order valence-corrected chi connectivity index (χ4v) is 2.68. The number of carbonyl (C=O) groups is 2. The van der Waals surface area contributed by atoms with E-state index in [1.807, 2.05) is 36.4 Å². The largest absolute Gasteiger partial charge is 0.481 e. The maximum absolute atomic E-state index is 12.4. The van der Waals surface area contributed by atoms with Crippen LogP contribution in [0.2, 0.25) is 0 Å². The molecular weight excluding hydrogens is 380 g/mol. The second-order valence-electron chi connectivity index (χ2n) is 6.71. The third kappa shape index (κ3) is 6.10. The summed E-state index contributed by atoms with van der Waals surface area (Å²) in [4.78, 5) is 24.8. The molecule has 0 saturated carbocycles. The number of hydrogen-bond acceptors (Lipinski definition) is 4. The maximum Gasteiger partial charge on any atom is 0.265 e. The van der Waals surface area contributed by atoms with Gasteiger partial charge in [0.15, 0.2) is 12.2 Å². The van der Waals surface area contributed by atoms with E-state index in [1.54, 1.807) is 62.4 Å². The molecule has 0 aliphatic rings. The van der Waals surface area contributed by atoms with Crippen LogP contribution in [0.1, 0.15) is 13.8 Å². The van der Waals surface area contributed by atoms with Gasteiger partial charge in [0.05, 0.1) is 0 Å². The second-order valence-corrected chi connectivity index (χ2v) is 6.71. The van der Waals surface area contributed by atoms with Crippen LogP contribution in [0, 0.1) is 0 Å². The van der Waals surface area contributed by atoms with Crippen LogP contribution in [0.4, 0.5) is 11.4 Å². The van der Waals surface area contributed by atoms with Crippen LogP contribution in [-0.2, 0) is 9.59 Å². The van der Waals surface area contributed by atoms with E-state index in [1.165, 1.54) is 0 Å². The Bertz CT molecular complexity index is 900. The lowest BCUT2D eigenvalue weighted by Gasteiger charge is -2.16. The van der Waals surface area contributed by atoms with Crippen molar-refractivity contribution in [3.63, 3.8) is 0 Å². The predicted molar refractivity (Wildman–Crippen MR) is 117 cm³/mol. The third-order valence-electron chi connectivity index (χ3n) is 4.25. The van der Waals surface area contributed by atoms with Gasteiger partial charge in [-0.2, -0.15) is 0 Å². The number of para-hydroxylation sites is 2. The summed E-state index contributed by atoms with van der Waals surface area (Å²) in [5.41, 5.74) is 1.11. The standard InChI is InChI=1S/C24H24N2O4/c1-17(29-21-12-5-3-6-13-21)23(27)25-19-10-9-11-20(16-19)26-24(28)18(2)30-22-14-7-4-8-15-22/h3-18H,1-2H3,(H,25,27)(H,26,28)/t17-,18+. The van der Waals surface area contributed by atoms with E-state index in [0.29, 0.717) is 22.9 Å². The lowest BCUT2D eigenvalue weighted by molar-refractivity contribution is -0.122. The fraction of sp³-hybridized carbons (Fsp3) is 0.167. The Hall–Kier alpha value is -3.80. The quantitative estimate of drug-likeness (QED) is 0.580. The van der Waals surface area contributed by atoms with Crippen LogP contribution < -0.4 is 20.1 Å². The smallest absolute Gasteiger partial charge is 0.265 e. The van der Waals surface area contributed by atoms with Crippen LogP contribution in [0.3, 0.4) is 0 Å². The molecule has 0 spiro atoms. The summed E-state index contributed by atoms with van der Waals surface area (Å²) in [6.45, 7) is 3.35. The average molecular weight is 404 g/mol. The first-order valence-electron chi connectivity index (χ1n) is 9.66. The summed E-state index contributed by atoms with van der Waals surface area (Å²) in [6, 6.07) is 25.2. The van der Waals surface area contributed by atoms with E-state index in [0.717, 1.165) is 0 Å². The summed E-state index contributed by atoms with van der Waals surface area (Å²) in [5, 5.41) is 5.60. The van der Waals surface area contributed by atoms with Crippen molar-refractivity contribution in [1.29, 1.82) is 0 Å². The molecule has 2 N–H and O–H groups in total. The summed E-state index contributed by atoms with van der Waals surface area (Å²) >= 11 is 0. The monoisotopic (exact) mass is 404 g/mol. The topological polar surface area (TPSA) is 76.7 Å². The molecule has 0 bridgehead atoms. The molecular formula is C24H24N2O4. The van der Waals surface area contributed by atoms with E-state index in [4.69, 9.17) is 9.47 Å². The van der Waals surface area contributed by atoms with Crippen molar-refractivity contribution in [1.82, 2.24) is 0 Å². The van der Waals surface area contributed by atoms with Crippen molar-refractivity contribution in [3.05, 3.63) is 84.9 Å². The molecule has 0 aromatic heterocycles. The molecule has 0 aliphatic carbocycles. The molecule has 0 radical (unpaired) electrons. The van der Waals surface area contributed by atoms with Gasteiger partial charge in [-0.15, -0.1) is 0 Å². The molecule has 2 amide bonds. The first kappa shape index (κ1) is 20.9. The Labute approximate surface area is 175 Å². The molecule has 154 valence electrons. The van der Waals surface area contributed by atoms with Crippen molar-refractivity contribution < 1.29 is 19.1 Å². The van der Waals surface area contributed by atoms with Crippen molar-refractivity contribution in [2.75, 3.05) is 10.6 Å². The number of nitrogens with one attached hydrogen (secondary N) is 2. The highest BCUT2D eigenvalue weighted by molar-refractivity contribution is 5.97. The Morgan fingerprint density at radius 2 is 1.03 bits per heavy atom. The second kappa shape index (κ2) is 10.1. The molecule has 2 atom stereocenters. The average Bonchev–Trinajstić information content (AvgIpc) is 2.75. The molecule has 6 nitrogen and oxygen atoms in total. The molecule has 0 heterocycles. The molecule has 6 heteroatoms. The van der Waals surface area contributed by atoms with Crippen molar-refractivity contribution in [2.45, 2.75) is 26.1 Å². The predicted octanol–water partition coefficient (Wildman–Crippen LogP) is 4.50. The highest BCUT2D eigenvalue weighted by atomic mass is 16.5. The van der Waals surface area contributed by atoms with Gasteiger partial charge < -0.3 is 20.1 Å². The molecule has 0 fully saturated rings. The first-order chi connectivity index (χ1) is 14.5. The lowest BCUT2D eigenvalue weighted by Crippen LogP contribution is -2.31. The van der Waals surface area contributed by atoms with E-state index in [9.17, 15) is 9.59 Å². The van der Waals surface area contributed by atoms with Gasteiger partial charge in [-0.3, -0.25) is 9.59 Å². The van der Waals surface area contributed by atoms with Crippen LogP contribution in [-0.4, -0.2) is 24.0 Å². The van der Waals surface area contributed by atoms with Crippen LogP contribution in [0.15, 0.2) is 84.9 Å². The van der Waals surface area contributed by atoms with E-state index in [-0.39, 0.29) is 11.8 Å². The Morgan fingerprint density at radius 3 is 1.43 bits per heavy atom. The normalized spacial score (nSPS) is 12.3. The van der Waals surface area contributed by atoms with Crippen molar-refractivity contribution in [3.8, 4) is 11.5 Å². The fourth-order valence-electron chi connectivity index (χ4n) is 2.68. The number of hydrogen-bond donors (Lipinski definition) is 2. The highest BCUT2D eigenvalue weighted by Crippen LogP contribution is 2.18. The first-order valence-corrected chi connectivity index (χ1v) is 9.66. The number of rotatable bonds is 8. The Kier molecular flexibility index (Phi) is 7.05. The Morgan fingerprint density at radius 1 is 0.633 bits per heavy atom. The van der Waals surface area contributed by atoms with Gasteiger partial charge in [-0.1, -0.05) is 42.5 Å². The minimum Gasteiger partial charge on any atom is -0.481 e. The van der Waals surface area contributed by atoms with Gasteiger partial charge in [-0.05, 0) is 56.3 Å². The third-order valence-corrected chi connectivity index (χ3v) is 4.25. The summed E-state index contributed by atoms with van der Waals surface area (Å²) < 4.78 is 11.3. The number of benzene rings is 3. The number of ether oxygens (including phenoxy) is 2. The molecule has 3 aromatic rings. The minimum atomic E-state index is -0.676. The summed E-state index contributed by atoms with van der Waals surface area (Å²) in [5.74, 6) is 0.661. The van der Waals surface area contributed by atoms with Gasteiger partial charge in [0, 0.05) is 11.4 Å². The number of carbonyl (C=O) groups excluding carboxylic acids is 2. The zero-order valence-corrected chi connectivity index (χ0v) is 16.9. The Balaban J connectivity index is 1.56. The summed E-state index contributed by atoms with van der Waals surface area (Å²) in [6.07, 6.45) is -1.35. The molecule has 0 aliphatic heterocycles. The number of anilines is 2. The van der Waals surface area contributed by atoms with Crippen LogP contribution in [0.5, 0.6) is 11.5 Å². The van der Waals surface area contributed by atoms with E-state index >= 15 is 0 Å². The van der Waals surface area contributed by atoms with E-state index in [2.05, 4.69) is 10.6 Å². The number of amides is 2. The SMILES string of the molecule is C[C@H](Oc1ccccc1)C(=O)Nc1cccc(NC(=O)[C@@H](C)Oc2ccccc2)c1. The highest BCUT2D eigenvalue weighted by Gasteiger charge is 2.17. The van der Waals surface area contributed by atoms with Crippen LogP contribution >= 0.6 is 0 Å². The molecule has 3 rings (SSSR count). The van der Waals surface area contributed by atoms with Gasteiger partial charge in [-0.25, -0.2) is 0 Å². The van der Waals surface area contributed by atoms with Crippen LogP contribution in [0.25, 0.3) is 0 Å². The van der Waals surface area contributed by atoms with Crippen molar-refractivity contribution in [2.24, 2.45) is 0 Å². The van der Waals surface area contributed by atoms with Gasteiger partial charge >= 0.3 is 0 Å². The summed E-state index contributed by atoms with van der Waals surface area (Å²) in [7, 11) is 0. The van der Waals surface area contributed by atoms with Gasteiger partial charge in [0.1, 0.15) is 11.5 Å². The van der Waals surface area contributed by atoms with Gasteiger partial charge in [0.25, 0.3) is 11.8 Å². The molecule has 0 saturated heterocycles. The zero-order valence-electron chi connectivity index (χ0n) is 16.9. The maximum atomic E-state index is 12.4. The van der Waals surface area contributed by atoms with E-state index < -0.39 is 12.2 Å². The molecule has 0 unspecified atom stereocenters. The zero-order chi connectivity index (χ0) is 21.3. The van der Waals surface area contributed by atoms with Crippen molar-refractivity contribution >= 4 is 23.2 Å². The molecule has 30 heavy (non-hydrogen) atoms. The lowest BCUT2D eigenvalue weighted by atomic mass is 10.2.